The van der Waals surface area contributed by atoms with Crippen molar-refractivity contribution >= 4 is 17.7 Å². The van der Waals surface area contributed by atoms with Crippen molar-refractivity contribution in [3.8, 4) is 0 Å². The summed E-state index contributed by atoms with van der Waals surface area (Å²) >= 11 is 0. The van der Waals surface area contributed by atoms with Crippen molar-refractivity contribution in [1.29, 1.82) is 0 Å². The minimum atomic E-state index is -0.879. The minimum Gasteiger partial charge on any atom is -0.352 e. The van der Waals surface area contributed by atoms with Crippen LogP contribution in [-0.4, -0.2) is 49.3 Å². The highest BCUT2D eigenvalue weighted by molar-refractivity contribution is 5.96. The molecule has 0 aliphatic heterocycles. The molecule has 0 fully saturated rings. The first-order valence-electron chi connectivity index (χ1n) is 13.5. The Kier molecular flexibility index (Phi) is 8.97. The highest BCUT2D eigenvalue weighted by Crippen LogP contribution is 2.47. The number of likely N-dealkylation sites (N-methyl/N-ethyl adjacent to an activating group) is 1. The van der Waals surface area contributed by atoms with E-state index in [-0.39, 0.29) is 23.6 Å². The third-order valence-electron chi connectivity index (χ3n) is 7.69. The second kappa shape index (κ2) is 12.6. The van der Waals surface area contributed by atoms with Gasteiger partial charge in [-0.25, -0.2) is 0 Å². The summed E-state index contributed by atoms with van der Waals surface area (Å²) in [5.74, 6) is -0.488. The Labute approximate surface area is 231 Å². The van der Waals surface area contributed by atoms with E-state index in [4.69, 9.17) is 0 Å². The number of amides is 3. The highest BCUT2D eigenvalue weighted by Gasteiger charge is 2.48. The largest absolute Gasteiger partial charge is 0.352 e. The third kappa shape index (κ3) is 5.80. The minimum absolute atomic E-state index is 0.0286. The van der Waals surface area contributed by atoms with Gasteiger partial charge in [-0.1, -0.05) is 78.9 Å². The van der Waals surface area contributed by atoms with Crippen LogP contribution in [0.25, 0.3) is 0 Å². The van der Waals surface area contributed by atoms with Crippen LogP contribution in [0.5, 0.6) is 0 Å². The van der Waals surface area contributed by atoms with Crippen LogP contribution in [0.2, 0.25) is 0 Å². The van der Waals surface area contributed by atoms with Gasteiger partial charge in [-0.3, -0.25) is 14.4 Å². The molecule has 0 saturated heterocycles. The molecule has 6 heteroatoms. The van der Waals surface area contributed by atoms with Crippen LogP contribution in [0.15, 0.2) is 91.5 Å². The maximum atomic E-state index is 13.7. The van der Waals surface area contributed by atoms with E-state index in [0.29, 0.717) is 44.5 Å². The molecule has 6 nitrogen and oxygen atoms in total. The van der Waals surface area contributed by atoms with Crippen molar-refractivity contribution in [2.24, 2.45) is 0 Å². The third-order valence-corrected chi connectivity index (χ3v) is 7.69. The fraction of sp³-hybridized carbons (Fsp3) is 0.303. The number of benzene rings is 3. The molecule has 0 radical (unpaired) electrons. The molecule has 0 unspecified atom stereocenters. The number of carbonyl (C=O) groups excluding carboxylic acids is 3. The van der Waals surface area contributed by atoms with E-state index in [1.807, 2.05) is 92.8 Å². The van der Waals surface area contributed by atoms with Crippen LogP contribution >= 0.6 is 0 Å². The summed E-state index contributed by atoms with van der Waals surface area (Å²) in [5, 5.41) is 5.98. The molecule has 3 amide bonds. The number of nitrogens with zero attached hydrogens (tertiary/aromatic N) is 1. The van der Waals surface area contributed by atoms with Gasteiger partial charge in [0, 0.05) is 32.2 Å². The second-order valence-electron chi connectivity index (χ2n) is 10.1. The van der Waals surface area contributed by atoms with E-state index < -0.39 is 5.41 Å². The molecule has 0 saturated carbocycles. The Balaban J connectivity index is 1.49. The van der Waals surface area contributed by atoms with E-state index in [2.05, 4.69) is 17.2 Å². The molecule has 39 heavy (non-hydrogen) atoms. The van der Waals surface area contributed by atoms with Crippen molar-refractivity contribution < 1.29 is 14.4 Å². The lowest BCUT2D eigenvalue weighted by Crippen LogP contribution is -2.49. The Morgan fingerprint density at radius 3 is 2.41 bits per heavy atom. The van der Waals surface area contributed by atoms with E-state index in [0.717, 1.165) is 22.3 Å². The Hall–Kier alpha value is -4.19. The molecular weight excluding hydrogens is 486 g/mol. The molecule has 1 aliphatic carbocycles. The summed E-state index contributed by atoms with van der Waals surface area (Å²) in [4.78, 5) is 41.6. The van der Waals surface area contributed by atoms with Gasteiger partial charge in [0.05, 0.1) is 11.3 Å². The smallest absolute Gasteiger partial charge is 0.251 e. The standard InChI is InChI=1S/C33H37N3O3/c1-4-21-35-32(39)33(25-14-6-5-7-15-25)20-19-28(27-17-10-11-18-29(27)33)31(38)36(3)23-12-22-34-30(37)26-16-9-8-13-24(26)2/h4-11,13-18,28H,1,12,19-23H2,2-3H3,(H,34,37)(H,35,39)/t28-,33+/m1/s1. The first kappa shape index (κ1) is 27.8. The van der Waals surface area contributed by atoms with Gasteiger partial charge in [0.25, 0.3) is 5.91 Å². The molecule has 0 bridgehead atoms. The van der Waals surface area contributed by atoms with Crippen molar-refractivity contribution in [3.05, 3.63) is 119 Å². The lowest BCUT2D eigenvalue weighted by Gasteiger charge is -2.41. The summed E-state index contributed by atoms with van der Waals surface area (Å²) in [5.41, 5.74) is 3.41. The maximum Gasteiger partial charge on any atom is 0.251 e. The average molecular weight is 524 g/mol. The lowest BCUT2D eigenvalue weighted by molar-refractivity contribution is -0.133. The molecule has 0 spiro atoms. The van der Waals surface area contributed by atoms with Crippen LogP contribution in [0.1, 0.15) is 57.8 Å². The van der Waals surface area contributed by atoms with Gasteiger partial charge in [0.2, 0.25) is 11.8 Å². The molecule has 3 aromatic rings. The number of aryl methyl sites for hydroxylation is 1. The zero-order valence-corrected chi connectivity index (χ0v) is 22.8. The highest BCUT2D eigenvalue weighted by atomic mass is 16.2. The van der Waals surface area contributed by atoms with Crippen LogP contribution in [-0.2, 0) is 15.0 Å². The summed E-state index contributed by atoms with van der Waals surface area (Å²) in [6.45, 7) is 7.04. The van der Waals surface area contributed by atoms with Crippen LogP contribution in [0.4, 0.5) is 0 Å². The predicted molar refractivity (Wildman–Crippen MR) is 155 cm³/mol. The number of rotatable bonds is 10. The fourth-order valence-corrected chi connectivity index (χ4v) is 5.62. The second-order valence-corrected chi connectivity index (χ2v) is 10.1. The van der Waals surface area contributed by atoms with Gasteiger partial charge in [-0.05, 0) is 54.5 Å². The molecule has 0 heterocycles. The van der Waals surface area contributed by atoms with Crippen LogP contribution in [0.3, 0.4) is 0 Å². The fourth-order valence-electron chi connectivity index (χ4n) is 5.62. The number of nitrogens with one attached hydrogen (secondary N) is 2. The predicted octanol–water partition coefficient (Wildman–Crippen LogP) is 4.74. The van der Waals surface area contributed by atoms with Crippen molar-refractivity contribution in [2.45, 2.75) is 37.5 Å². The van der Waals surface area contributed by atoms with Gasteiger partial charge in [-0.15, -0.1) is 6.58 Å². The molecule has 1 aliphatic rings. The van der Waals surface area contributed by atoms with Gasteiger partial charge < -0.3 is 15.5 Å². The number of hydrogen-bond acceptors (Lipinski definition) is 3. The van der Waals surface area contributed by atoms with Crippen LogP contribution < -0.4 is 10.6 Å². The van der Waals surface area contributed by atoms with Crippen molar-refractivity contribution in [1.82, 2.24) is 15.5 Å². The zero-order chi connectivity index (χ0) is 27.8. The molecule has 4 rings (SSSR count). The SMILES string of the molecule is C=CCNC(=O)[C@]1(c2ccccc2)CC[C@@H](C(=O)N(C)CCCNC(=O)c2ccccc2C)c2ccccc21. The molecule has 0 aromatic heterocycles. The normalized spacial score (nSPS) is 17.9. The average Bonchev–Trinajstić information content (AvgIpc) is 2.97. The first-order chi connectivity index (χ1) is 18.9. The van der Waals surface area contributed by atoms with E-state index in [1.54, 1.807) is 11.0 Å². The summed E-state index contributed by atoms with van der Waals surface area (Å²) in [6.07, 6.45) is 3.40. The van der Waals surface area contributed by atoms with Gasteiger partial charge >= 0.3 is 0 Å². The maximum absolute atomic E-state index is 13.7. The topological polar surface area (TPSA) is 78.5 Å². The monoisotopic (exact) mass is 523 g/mol. The summed E-state index contributed by atoms with van der Waals surface area (Å²) in [6, 6.07) is 25.1. The van der Waals surface area contributed by atoms with Gasteiger partial charge in [-0.2, -0.15) is 0 Å². The number of fused-ring (bicyclic) bond motifs is 1. The molecule has 3 aromatic carbocycles. The van der Waals surface area contributed by atoms with Gasteiger partial charge in [0.1, 0.15) is 0 Å². The summed E-state index contributed by atoms with van der Waals surface area (Å²) < 4.78 is 0. The van der Waals surface area contributed by atoms with Crippen LogP contribution in [0, 0.1) is 6.92 Å². The number of carbonyl (C=O) groups is 3. The lowest BCUT2D eigenvalue weighted by atomic mass is 9.62. The first-order valence-corrected chi connectivity index (χ1v) is 13.5. The van der Waals surface area contributed by atoms with Gasteiger partial charge in [0.15, 0.2) is 0 Å². The van der Waals surface area contributed by atoms with E-state index >= 15 is 0 Å². The van der Waals surface area contributed by atoms with E-state index in [9.17, 15) is 14.4 Å². The molecule has 202 valence electrons. The number of hydrogen-bond donors (Lipinski definition) is 2. The van der Waals surface area contributed by atoms with Crippen molar-refractivity contribution in [2.75, 3.05) is 26.7 Å². The summed E-state index contributed by atoms with van der Waals surface area (Å²) in [7, 11) is 1.81. The molecule has 2 N–H and O–H groups in total. The zero-order valence-electron chi connectivity index (χ0n) is 22.8. The molecular formula is C33H37N3O3. The van der Waals surface area contributed by atoms with Crippen molar-refractivity contribution in [3.63, 3.8) is 0 Å². The van der Waals surface area contributed by atoms with E-state index in [1.165, 1.54) is 0 Å². The Morgan fingerprint density at radius 2 is 1.67 bits per heavy atom. The quantitative estimate of drug-likeness (QED) is 0.298. The Bertz CT molecular complexity index is 1340. The molecule has 2 atom stereocenters. The Morgan fingerprint density at radius 1 is 0.974 bits per heavy atom.